The second-order valence-corrected chi connectivity index (χ2v) is 27.7. The molecule has 0 radical (unpaired) electrons. The molecular weight excluding hydrogens is 1330 g/mol. The van der Waals surface area contributed by atoms with E-state index in [0.29, 0.717) is 0 Å². The quantitative estimate of drug-likeness (QED) is 0.162. The molecule has 0 saturated heterocycles. The lowest BCUT2D eigenvalue weighted by atomic mass is 9.77. The van der Waals surface area contributed by atoms with Crippen LogP contribution in [0, 0.1) is 27.7 Å². The Balaban J connectivity index is 0.855. The van der Waals surface area contributed by atoms with Gasteiger partial charge in [-0.3, -0.25) is 0 Å². The lowest BCUT2D eigenvalue weighted by Gasteiger charge is -2.43. The van der Waals surface area contributed by atoms with Gasteiger partial charge in [-0.25, -0.2) is 0 Å². The molecule has 0 amide bonds. The zero-order chi connectivity index (χ0) is 58.7. The highest BCUT2D eigenvalue weighted by molar-refractivity contribution is 9.11. The number of aromatic nitrogens is 2. The fourth-order valence-corrected chi connectivity index (χ4v) is 17.2. The van der Waals surface area contributed by atoms with E-state index in [0.717, 1.165) is 196 Å². The Hall–Kier alpha value is -7.87. The van der Waals surface area contributed by atoms with Crippen molar-refractivity contribution in [2.45, 2.75) is 55.4 Å². The summed E-state index contributed by atoms with van der Waals surface area (Å²) in [4.78, 5) is 0. The van der Waals surface area contributed by atoms with Crippen molar-refractivity contribution in [2.24, 2.45) is 0 Å². The number of hydrogen-bond donors (Lipinski definition) is 0. The predicted molar refractivity (Wildman–Crippen MR) is 365 cm³/mol. The molecule has 0 N–H and O–H groups in total. The van der Waals surface area contributed by atoms with E-state index in [1.54, 1.807) is 0 Å². The number of hydrogen-bond acceptors (Lipinski definition) is 4. The lowest BCUT2D eigenvalue weighted by Crippen LogP contribution is -2.67. The highest BCUT2D eigenvalue weighted by atomic mass is 79.9. The first-order chi connectivity index (χ1) is 41.5. The molecule has 2 aromatic heterocycles. The number of halogens is 4. The standard InChI is InChI=1S/C72H52B2Br4N4O4/c1-37-29-41(5)79-69(37)63(70-38(2)30-42(6)80(70)73(79)83-59-25-13-47-33-51(75)17-21-55(47)65(59)66-56-22-18-52(76)34-48(56)14-26-60(66)84-73)45-9-11-46(12-10-45)64-71-39(3)31-43(7)81(71)74(82-44(8)32-40(4)72(64)82)85-61-27-15-49-35-53(77)19-23-57(49)67(61)68-58-24-20-54(78)36-50(58)16-28-62(68)86-74/h9-36H,1-8H3. The van der Waals surface area contributed by atoms with E-state index >= 15 is 0 Å². The average Bonchev–Trinajstić information content (AvgIpc) is 1.51. The Morgan fingerprint density at radius 1 is 0.349 bits per heavy atom. The summed E-state index contributed by atoms with van der Waals surface area (Å²) in [6, 6.07) is 57.0. The summed E-state index contributed by atoms with van der Waals surface area (Å²) in [6.45, 7) is 12.5. The van der Waals surface area contributed by atoms with Crippen molar-refractivity contribution in [3.8, 4) is 45.3 Å². The molecule has 6 aliphatic rings. The van der Waals surface area contributed by atoms with Crippen molar-refractivity contribution in [2.75, 3.05) is 0 Å². The summed E-state index contributed by atoms with van der Waals surface area (Å²) in [7, 11) is 0. The van der Waals surface area contributed by atoms with Crippen molar-refractivity contribution in [1.82, 2.24) is 8.96 Å². The van der Waals surface area contributed by atoms with E-state index < -0.39 is 13.6 Å². The van der Waals surface area contributed by atoms with Crippen LogP contribution in [0.15, 0.2) is 210 Å². The van der Waals surface area contributed by atoms with Gasteiger partial charge in [0.2, 0.25) is 0 Å². The molecule has 418 valence electrons. The summed E-state index contributed by atoms with van der Waals surface area (Å²) in [5.41, 5.74) is 21.3. The third kappa shape index (κ3) is 7.09. The van der Waals surface area contributed by atoms with Gasteiger partial charge in [0.05, 0.1) is 34.1 Å². The molecule has 86 heavy (non-hydrogen) atoms. The van der Waals surface area contributed by atoms with Crippen LogP contribution in [0.25, 0.3) is 76.5 Å². The van der Waals surface area contributed by atoms with Crippen LogP contribution in [0.4, 0.5) is 0 Å². The van der Waals surface area contributed by atoms with Crippen molar-refractivity contribution in [1.29, 1.82) is 0 Å². The van der Waals surface area contributed by atoms with Crippen LogP contribution in [0.5, 0.6) is 23.0 Å². The molecule has 0 atom stereocenters. The monoisotopic (exact) mass is 1370 g/mol. The summed E-state index contributed by atoms with van der Waals surface area (Å²) in [5, 5.41) is 8.75. The number of aryl methyl sites for hydroxylation is 4. The van der Waals surface area contributed by atoms with Crippen molar-refractivity contribution in [3.63, 3.8) is 0 Å². The predicted octanol–water partition coefficient (Wildman–Crippen LogP) is 19.4. The van der Waals surface area contributed by atoms with Crippen molar-refractivity contribution < 1.29 is 27.6 Å². The minimum atomic E-state index is -2.56. The van der Waals surface area contributed by atoms with Gasteiger partial charge >= 0.3 is 13.6 Å². The lowest BCUT2D eigenvalue weighted by molar-refractivity contribution is -0.372. The summed E-state index contributed by atoms with van der Waals surface area (Å²) in [5.74, 6) is 3.02. The zero-order valence-corrected chi connectivity index (χ0v) is 54.6. The molecule has 0 aliphatic carbocycles. The maximum Gasteiger partial charge on any atom is 0.780 e. The van der Waals surface area contributed by atoms with Gasteiger partial charge in [0, 0.05) is 88.7 Å². The van der Waals surface area contributed by atoms with E-state index in [4.69, 9.17) is 18.6 Å². The van der Waals surface area contributed by atoms with Gasteiger partial charge in [0.15, 0.2) is 11.4 Å². The second-order valence-electron chi connectivity index (χ2n) is 24.0. The molecule has 8 nitrogen and oxygen atoms in total. The second kappa shape index (κ2) is 18.3. The maximum atomic E-state index is 7.84. The van der Waals surface area contributed by atoms with Crippen molar-refractivity contribution in [3.05, 3.63) is 255 Å². The van der Waals surface area contributed by atoms with E-state index in [1.807, 2.05) is 0 Å². The van der Waals surface area contributed by atoms with Crippen LogP contribution in [-0.2, 0) is 0 Å². The zero-order valence-electron chi connectivity index (χ0n) is 48.3. The number of fused-ring (bicyclic) bond motifs is 22. The molecular formula is C72H52B2Br4N4O4. The fraction of sp³-hybridized carbons (Fsp3) is 0.111. The first-order valence-electron chi connectivity index (χ1n) is 29.1. The molecule has 0 saturated carbocycles. The van der Waals surface area contributed by atoms with Crippen LogP contribution in [-0.4, -0.2) is 43.0 Å². The molecule has 9 aromatic carbocycles. The molecule has 8 heterocycles. The minimum absolute atomic E-state index is 0.755. The average molecular weight is 1380 g/mol. The van der Waals surface area contributed by atoms with Crippen LogP contribution < -0.4 is 18.6 Å². The summed E-state index contributed by atoms with van der Waals surface area (Å²) >= 11 is 15.1. The molecule has 0 bridgehead atoms. The number of rotatable bonds is 2. The number of nitrogens with zero attached hydrogens (tertiary/aromatic N) is 4. The van der Waals surface area contributed by atoms with Crippen molar-refractivity contribution >= 4 is 143 Å². The molecule has 6 aliphatic heterocycles. The fourth-order valence-electron chi connectivity index (χ4n) is 15.7. The Morgan fingerprint density at radius 3 is 0.930 bits per heavy atom. The SMILES string of the molecule is CC1=CC(C)=[N+]2C1=C(c1ccc(C3=C4C(C)=CC(C)=[N+]4[B-]4(Oc5ccc6cc(Br)ccc6c5-c5c(ccc6cc(Br)ccc56)O4)n4c(C)cc(C)c43)cc1)c1c(C)cc(C)n1[B-]21Oc2ccc3cc(Br)ccc3c2-c2c(ccc3cc(Br)ccc23)O1. The van der Waals surface area contributed by atoms with E-state index in [1.165, 1.54) is 0 Å². The van der Waals surface area contributed by atoms with Gasteiger partial charge in [-0.05, 0) is 203 Å². The number of benzene rings is 9. The van der Waals surface area contributed by atoms with Crippen LogP contribution in [0.3, 0.4) is 0 Å². The molecule has 0 fully saturated rings. The summed E-state index contributed by atoms with van der Waals surface area (Å²) < 4.78 is 44.8. The third-order valence-corrected chi connectivity index (χ3v) is 20.8. The molecule has 0 unspecified atom stereocenters. The summed E-state index contributed by atoms with van der Waals surface area (Å²) in [6.07, 6.45) is 4.57. The van der Waals surface area contributed by atoms with Gasteiger partial charge in [-0.15, -0.1) is 0 Å². The molecule has 17 rings (SSSR count). The Bertz CT molecular complexity index is 4760. The molecule has 2 spiro atoms. The Morgan fingerprint density at radius 2 is 0.640 bits per heavy atom. The van der Waals surface area contributed by atoms with Gasteiger partial charge in [0.1, 0.15) is 11.4 Å². The first kappa shape index (κ1) is 52.5. The first-order valence-corrected chi connectivity index (χ1v) is 32.2. The number of allylic oxidation sites excluding steroid dienone is 4. The highest BCUT2D eigenvalue weighted by Crippen LogP contribution is 2.56. The Labute approximate surface area is 531 Å². The van der Waals surface area contributed by atoms with Crippen LogP contribution in [0.1, 0.15) is 72.7 Å². The molecule has 14 heteroatoms. The largest absolute Gasteiger partial charge is 0.780 e. The van der Waals surface area contributed by atoms with E-state index in [9.17, 15) is 0 Å². The highest BCUT2D eigenvalue weighted by Gasteiger charge is 2.63. The maximum absolute atomic E-state index is 7.84. The van der Waals surface area contributed by atoms with Gasteiger partial charge < -0.3 is 36.5 Å². The van der Waals surface area contributed by atoms with E-state index in [-0.39, 0.29) is 0 Å². The van der Waals surface area contributed by atoms with Gasteiger partial charge in [-0.2, -0.15) is 0 Å². The Kier molecular flexibility index (Phi) is 11.2. The normalized spacial score (nSPS) is 16.7. The third-order valence-electron chi connectivity index (χ3n) is 18.8. The minimum Gasteiger partial charge on any atom is -0.601 e. The smallest absolute Gasteiger partial charge is 0.601 e. The molecule has 11 aromatic rings. The van der Waals surface area contributed by atoms with Gasteiger partial charge in [0.25, 0.3) is 0 Å². The van der Waals surface area contributed by atoms with Gasteiger partial charge in [-0.1, -0.05) is 137 Å². The van der Waals surface area contributed by atoms with E-state index in [2.05, 4.69) is 307 Å². The van der Waals surface area contributed by atoms with Crippen LogP contribution >= 0.6 is 63.7 Å². The topological polar surface area (TPSA) is 52.8 Å². The van der Waals surface area contributed by atoms with Crippen LogP contribution in [0.2, 0.25) is 0 Å².